The van der Waals surface area contributed by atoms with Gasteiger partial charge in [-0.25, -0.2) is 4.79 Å². The third-order valence-electron chi connectivity index (χ3n) is 10.1. The van der Waals surface area contributed by atoms with Gasteiger partial charge >= 0.3 is 12.3 Å². The summed E-state index contributed by atoms with van der Waals surface area (Å²) < 4.78 is 57.1. The molecule has 1 saturated carbocycles. The van der Waals surface area contributed by atoms with Crippen molar-refractivity contribution >= 4 is 12.0 Å². The number of rotatable bonds is 7. The summed E-state index contributed by atoms with van der Waals surface area (Å²) in [4.78, 5) is 37.3. The number of halogens is 3. The molecule has 10 nitrogen and oxygen atoms in total. The highest BCUT2D eigenvalue weighted by molar-refractivity contribution is 5.86. The van der Waals surface area contributed by atoms with Crippen LogP contribution in [-0.2, 0) is 38.1 Å². The fraction of sp³-hybridized carbons (Fsp3) is 0.767. The Labute approximate surface area is 250 Å². The summed E-state index contributed by atoms with van der Waals surface area (Å²) >= 11 is 0. The molecule has 5 atom stereocenters. The molecule has 0 bridgehead atoms. The highest BCUT2D eigenvalue weighted by Crippen LogP contribution is 2.51. The Morgan fingerprint density at radius 1 is 1.21 bits per heavy atom. The molecule has 0 spiro atoms. The summed E-state index contributed by atoms with van der Waals surface area (Å²) in [5, 5.41) is 3.73. The number of nitrogens with zero attached hydrogens (tertiary/aromatic N) is 4. The van der Waals surface area contributed by atoms with Crippen LogP contribution in [-0.4, -0.2) is 116 Å². The van der Waals surface area contributed by atoms with Crippen molar-refractivity contribution in [2.24, 2.45) is 11.3 Å². The summed E-state index contributed by atoms with van der Waals surface area (Å²) in [6, 6.07) is 1.25. The van der Waals surface area contributed by atoms with E-state index in [9.17, 15) is 22.8 Å². The number of nitrogens with one attached hydrogen (secondary N) is 1. The van der Waals surface area contributed by atoms with E-state index in [0.717, 1.165) is 44.6 Å². The molecule has 1 aromatic heterocycles. The molecule has 4 fully saturated rings. The van der Waals surface area contributed by atoms with Crippen molar-refractivity contribution in [3.05, 3.63) is 29.1 Å². The SMILES string of the molecule is COC1COCCC1NC1CC2CN(C(=O)OCCN3CCCC3)CC2(C(=O)N2CCc3ncc(C(F)(F)F)cc3C2)C1. The molecule has 0 radical (unpaired) electrons. The molecular weight excluding hydrogens is 567 g/mol. The number of likely N-dealkylation sites (tertiary alicyclic amines) is 2. The van der Waals surface area contributed by atoms with Crippen molar-refractivity contribution in [1.82, 2.24) is 25.0 Å². The Morgan fingerprint density at radius 3 is 2.79 bits per heavy atom. The highest BCUT2D eigenvalue weighted by atomic mass is 19.4. The van der Waals surface area contributed by atoms with Crippen LogP contribution >= 0.6 is 0 Å². The van der Waals surface area contributed by atoms with Gasteiger partial charge in [0, 0.05) is 76.8 Å². The van der Waals surface area contributed by atoms with Crippen LogP contribution < -0.4 is 5.32 Å². The standard InChI is InChI=1S/C30H42F3N5O5/c1-41-26-18-42-10-5-25(26)35-23-13-22-17-38(28(40)43-11-9-36-6-2-3-7-36)19-29(22,14-23)27(39)37-8-4-24-20(16-37)12-21(15-34-24)30(31,32)33/h12,15,22-23,25-26,35H,2-11,13-14,16-19H2,1H3. The van der Waals surface area contributed by atoms with Crippen LogP contribution in [0, 0.1) is 11.3 Å². The van der Waals surface area contributed by atoms with Gasteiger partial charge in [0.2, 0.25) is 5.91 Å². The van der Waals surface area contributed by atoms with Gasteiger partial charge in [-0.1, -0.05) is 0 Å². The second-order valence-electron chi connectivity index (χ2n) is 12.7. The van der Waals surface area contributed by atoms with E-state index in [2.05, 4.69) is 15.2 Å². The number of ether oxygens (including phenoxy) is 3. The van der Waals surface area contributed by atoms with Crippen molar-refractivity contribution in [3.8, 4) is 0 Å². The predicted octanol–water partition coefficient (Wildman–Crippen LogP) is 2.69. The third-order valence-corrected chi connectivity index (χ3v) is 10.1. The lowest BCUT2D eigenvalue weighted by atomic mass is 9.78. The van der Waals surface area contributed by atoms with Crippen molar-refractivity contribution in [2.75, 3.05) is 66.2 Å². The molecule has 13 heteroatoms. The van der Waals surface area contributed by atoms with Crippen LogP contribution in [0.25, 0.3) is 0 Å². The van der Waals surface area contributed by atoms with Crippen LogP contribution in [0.3, 0.4) is 0 Å². The number of amides is 2. The molecule has 43 heavy (non-hydrogen) atoms. The van der Waals surface area contributed by atoms with Crippen molar-refractivity contribution in [2.45, 2.75) is 69.4 Å². The third kappa shape index (κ3) is 6.36. The van der Waals surface area contributed by atoms with Gasteiger partial charge in [-0.15, -0.1) is 0 Å². The van der Waals surface area contributed by atoms with Gasteiger partial charge < -0.3 is 29.3 Å². The Hall–Kier alpha value is -2.48. The minimum absolute atomic E-state index is 0.0404. The number of carbonyl (C=O) groups excluding carboxylic acids is 2. The van der Waals surface area contributed by atoms with Gasteiger partial charge in [-0.3, -0.25) is 14.7 Å². The first-order valence-corrected chi connectivity index (χ1v) is 15.5. The van der Waals surface area contributed by atoms with Crippen molar-refractivity contribution < 1.29 is 37.0 Å². The van der Waals surface area contributed by atoms with E-state index in [-0.39, 0.29) is 43.1 Å². The quantitative estimate of drug-likeness (QED) is 0.505. The lowest BCUT2D eigenvalue weighted by Crippen LogP contribution is -2.52. The lowest BCUT2D eigenvalue weighted by Gasteiger charge is -2.37. The average Bonchev–Trinajstić information content (AvgIpc) is 3.72. The molecule has 5 heterocycles. The molecule has 6 rings (SSSR count). The van der Waals surface area contributed by atoms with E-state index < -0.39 is 23.2 Å². The first kappa shape index (κ1) is 30.5. The summed E-state index contributed by atoms with van der Waals surface area (Å²) in [5.41, 5.74) is -0.630. The summed E-state index contributed by atoms with van der Waals surface area (Å²) in [6.07, 6.45) is 0.626. The molecule has 238 valence electrons. The van der Waals surface area contributed by atoms with Gasteiger partial charge in [0.1, 0.15) is 6.61 Å². The zero-order valence-electron chi connectivity index (χ0n) is 24.7. The average molecular weight is 610 g/mol. The van der Waals surface area contributed by atoms with Crippen molar-refractivity contribution in [3.63, 3.8) is 0 Å². The fourth-order valence-electron chi connectivity index (χ4n) is 7.84. The second kappa shape index (κ2) is 12.5. The van der Waals surface area contributed by atoms with Gasteiger partial charge in [-0.2, -0.15) is 13.2 Å². The molecule has 3 saturated heterocycles. The fourth-order valence-corrected chi connectivity index (χ4v) is 7.84. The van der Waals surface area contributed by atoms with E-state index in [1.54, 1.807) is 16.9 Å². The maximum absolute atomic E-state index is 14.4. The zero-order chi connectivity index (χ0) is 30.2. The van der Waals surface area contributed by atoms with E-state index >= 15 is 0 Å². The summed E-state index contributed by atoms with van der Waals surface area (Å²) in [7, 11) is 1.67. The van der Waals surface area contributed by atoms with E-state index in [1.165, 1.54) is 0 Å². The molecular formula is C30H42F3N5O5. The van der Waals surface area contributed by atoms with Crippen molar-refractivity contribution in [1.29, 1.82) is 0 Å². The number of fused-ring (bicyclic) bond motifs is 2. The molecule has 4 aliphatic heterocycles. The summed E-state index contributed by atoms with van der Waals surface area (Å²) in [6.45, 7) is 5.29. The van der Waals surface area contributed by atoms with Crippen LogP contribution in [0.2, 0.25) is 0 Å². The maximum Gasteiger partial charge on any atom is 0.417 e. The highest BCUT2D eigenvalue weighted by Gasteiger charge is 2.60. The number of aromatic nitrogens is 1. The molecule has 1 N–H and O–H groups in total. The molecule has 1 aromatic rings. The number of carbonyl (C=O) groups is 2. The topological polar surface area (TPSA) is 96.5 Å². The van der Waals surface area contributed by atoms with Gasteiger partial charge in [0.15, 0.2) is 0 Å². The zero-order valence-corrected chi connectivity index (χ0v) is 24.7. The second-order valence-corrected chi connectivity index (χ2v) is 12.7. The minimum Gasteiger partial charge on any atom is -0.448 e. The minimum atomic E-state index is -4.51. The van der Waals surface area contributed by atoms with Crippen LogP contribution in [0.5, 0.6) is 0 Å². The molecule has 5 unspecified atom stereocenters. The normalized spacial score (nSPS) is 31.3. The van der Waals surface area contributed by atoms with Crippen LogP contribution in [0.1, 0.15) is 48.9 Å². The summed E-state index contributed by atoms with van der Waals surface area (Å²) in [5.74, 6) is -0.196. The Kier molecular flexibility index (Phi) is 8.87. The Balaban J connectivity index is 1.18. The van der Waals surface area contributed by atoms with Gasteiger partial charge in [0.05, 0.1) is 23.7 Å². The number of methoxy groups -OCH3 is 1. The van der Waals surface area contributed by atoms with Crippen LogP contribution in [0.4, 0.5) is 18.0 Å². The van der Waals surface area contributed by atoms with E-state index in [1.807, 2.05) is 0 Å². The van der Waals surface area contributed by atoms with Gasteiger partial charge in [-0.05, 0) is 62.7 Å². The maximum atomic E-state index is 14.4. The first-order chi connectivity index (χ1) is 20.7. The number of pyridine rings is 1. The first-order valence-electron chi connectivity index (χ1n) is 15.5. The van der Waals surface area contributed by atoms with Crippen LogP contribution in [0.15, 0.2) is 12.3 Å². The number of alkyl halides is 3. The molecule has 5 aliphatic rings. The van der Waals surface area contributed by atoms with Gasteiger partial charge in [0.25, 0.3) is 0 Å². The number of hydrogen-bond acceptors (Lipinski definition) is 8. The Morgan fingerprint density at radius 2 is 2.02 bits per heavy atom. The monoisotopic (exact) mass is 609 g/mol. The Bertz CT molecular complexity index is 1180. The largest absolute Gasteiger partial charge is 0.448 e. The molecule has 1 aliphatic carbocycles. The van der Waals surface area contributed by atoms with E-state index in [4.69, 9.17) is 14.2 Å². The smallest absolute Gasteiger partial charge is 0.417 e. The molecule has 2 amide bonds. The van der Waals surface area contributed by atoms with E-state index in [0.29, 0.717) is 70.0 Å². The molecule has 0 aromatic carbocycles. The lowest BCUT2D eigenvalue weighted by molar-refractivity contribution is -0.143. The predicted molar refractivity (Wildman–Crippen MR) is 149 cm³/mol. The number of hydrogen-bond donors (Lipinski definition) is 1.